The Morgan fingerprint density at radius 1 is 1.00 bits per heavy atom. The Morgan fingerprint density at radius 2 is 1.65 bits per heavy atom. The molecule has 1 aliphatic rings. The molecule has 0 unspecified atom stereocenters. The van der Waals surface area contributed by atoms with E-state index >= 15 is 0 Å². The van der Waals surface area contributed by atoms with Crippen LogP contribution in [0.5, 0.6) is 0 Å². The Balaban J connectivity index is 1.68. The van der Waals surface area contributed by atoms with Gasteiger partial charge in [0.1, 0.15) is 0 Å². The topological polar surface area (TPSA) is 38.1 Å². The molecule has 3 aromatic rings. The molecular weight excluding hydrogens is 306 g/mol. The molecule has 4 rings (SSSR count). The molecule has 0 atom stereocenters. The number of carbonyl (C=O) groups excluding carboxylic acids is 1. The number of aryl methyl sites for hydroxylation is 1. The molecule has 0 saturated carbocycles. The number of rotatable bonds is 3. The number of nitrogens with zero attached hydrogens (tertiary/aromatic N) is 3. The summed E-state index contributed by atoms with van der Waals surface area (Å²) in [6, 6.07) is 16.1. The summed E-state index contributed by atoms with van der Waals surface area (Å²) >= 11 is 1.71. The third-order valence-corrected chi connectivity index (χ3v) is 4.95. The van der Waals surface area contributed by atoms with E-state index in [9.17, 15) is 4.79 Å². The number of hydrogen-bond acceptors (Lipinski definition) is 3. The molecule has 0 radical (unpaired) electrons. The van der Waals surface area contributed by atoms with Gasteiger partial charge in [0.15, 0.2) is 0 Å². The average Bonchev–Trinajstić information content (AvgIpc) is 3.11. The Bertz CT molecular complexity index is 799. The first-order valence-electron chi connectivity index (χ1n) is 7.47. The highest BCUT2D eigenvalue weighted by Crippen LogP contribution is 2.48. The van der Waals surface area contributed by atoms with Gasteiger partial charge in [-0.25, -0.2) is 4.98 Å². The van der Waals surface area contributed by atoms with Crippen molar-refractivity contribution in [2.75, 3.05) is 4.90 Å². The number of hydrogen-bond donors (Lipinski definition) is 0. The molecule has 114 valence electrons. The maximum Gasteiger partial charge on any atom is 0.233 e. The van der Waals surface area contributed by atoms with Crippen LogP contribution in [-0.4, -0.2) is 15.5 Å². The molecule has 23 heavy (non-hydrogen) atoms. The molecule has 1 aliphatic heterocycles. The van der Waals surface area contributed by atoms with Crippen LogP contribution in [0.25, 0.3) is 0 Å². The molecule has 0 fully saturated rings. The van der Waals surface area contributed by atoms with Crippen molar-refractivity contribution >= 4 is 29.0 Å². The number of benzene rings is 2. The third-order valence-electron chi connectivity index (χ3n) is 3.82. The van der Waals surface area contributed by atoms with Crippen LogP contribution in [0, 0.1) is 0 Å². The van der Waals surface area contributed by atoms with Crippen molar-refractivity contribution in [1.29, 1.82) is 0 Å². The number of imidazole rings is 1. The van der Waals surface area contributed by atoms with Gasteiger partial charge in [0.2, 0.25) is 5.91 Å². The van der Waals surface area contributed by atoms with E-state index in [1.165, 1.54) is 0 Å². The second kappa shape index (κ2) is 5.93. The van der Waals surface area contributed by atoms with Crippen molar-refractivity contribution in [1.82, 2.24) is 9.55 Å². The first-order valence-corrected chi connectivity index (χ1v) is 8.29. The van der Waals surface area contributed by atoms with E-state index < -0.39 is 0 Å². The number of aromatic nitrogens is 2. The monoisotopic (exact) mass is 321 g/mol. The van der Waals surface area contributed by atoms with Crippen molar-refractivity contribution in [3.8, 4) is 0 Å². The van der Waals surface area contributed by atoms with Crippen LogP contribution in [0.15, 0.2) is 77.0 Å². The van der Waals surface area contributed by atoms with Crippen molar-refractivity contribution in [2.24, 2.45) is 0 Å². The second-order valence-corrected chi connectivity index (χ2v) is 6.40. The summed E-state index contributed by atoms with van der Waals surface area (Å²) in [5.41, 5.74) is 1.93. The first-order chi connectivity index (χ1) is 11.3. The van der Waals surface area contributed by atoms with Crippen LogP contribution in [0.3, 0.4) is 0 Å². The Morgan fingerprint density at radius 3 is 2.26 bits per heavy atom. The lowest BCUT2D eigenvalue weighted by Gasteiger charge is -2.31. The molecule has 5 heteroatoms. The predicted molar refractivity (Wildman–Crippen MR) is 91.0 cm³/mol. The fourth-order valence-corrected chi connectivity index (χ4v) is 3.79. The van der Waals surface area contributed by atoms with E-state index in [-0.39, 0.29) is 5.91 Å². The summed E-state index contributed by atoms with van der Waals surface area (Å²) in [4.78, 5) is 21.0. The predicted octanol–water partition coefficient (Wildman–Crippen LogP) is 4.10. The standard InChI is InChI=1S/C18H15N3OS/c22-18(9-11-20-12-10-19-13-20)21-14-5-1-3-7-16(14)23-17-8-4-2-6-15(17)21/h1-8,10,12-13H,9,11H2. The van der Waals surface area contributed by atoms with E-state index in [4.69, 9.17) is 0 Å². The first kappa shape index (κ1) is 14.1. The maximum atomic E-state index is 12.9. The van der Waals surface area contributed by atoms with Crippen LogP contribution in [0.4, 0.5) is 11.4 Å². The van der Waals surface area contributed by atoms with Crippen LogP contribution >= 0.6 is 11.8 Å². The molecule has 0 saturated heterocycles. The molecule has 1 aromatic heterocycles. The van der Waals surface area contributed by atoms with Gasteiger partial charge in [-0.3, -0.25) is 9.69 Å². The molecule has 4 nitrogen and oxygen atoms in total. The number of para-hydroxylation sites is 2. The zero-order valence-electron chi connectivity index (χ0n) is 12.4. The van der Waals surface area contributed by atoms with Crippen molar-refractivity contribution < 1.29 is 4.79 Å². The molecule has 0 aliphatic carbocycles. The number of amides is 1. The van der Waals surface area contributed by atoms with E-state index in [0.717, 1.165) is 21.2 Å². The maximum absolute atomic E-state index is 12.9. The number of anilines is 2. The summed E-state index contributed by atoms with van der Waals surface area (Å²) in [7, 11) is 0. The van der Waals surface area contributed by atoms with E-state index in [2.05, 4.69) is 17.1 Å². The van der Waals surface area contributed by atoms with Crippen molar-refractivity contribution in [3.05, 3.63) is 67.3 Å². The third kappa shape index (κ3) is 2.64. The van der Waals surface area contributed by atoms with Gasteiger partial charge >= 0.3 is 0 Å². The van der Waals surface area contributed by atoms with Gasteiger partial charge < -0.3 is 4.57 Å². The van der Waals surface area contributed by atoms with E-state index in [1.54, 1.807) is 24.3 Å². The molecule has 0 bridgehead atoms. The van der Waals surface area contributed by atoms with Crippen molar-refractivity contribution in [3.63, 3.8) is 0 Å². The Kier molecular flexibility index (Phi) is 3.63. The van der Waals surface area contributed by atoms with E-state index in [0.29, 0.717) is 13.0 Å². The van der Waals surface area contributed by atoms with Crippen LogP contribution < -0.4 is 4.90 Å². The molecule has 2 aromatic carbocycles. The quantitative estimate of drug-likeness (QED) is 0.729. The van der Waals surface area contributed by atoms with E-state index in [1.807, 2.05) is 52.1 Å². The van der Waals surface area contributed by atoms with Gasteiger partial charge in [0.25, 0.3) is 0 Å². The van der Waals surface area contributed by atoms with Gasteiger partial charge in [-0.15, -0.1) is 0 Å². The number of carbonyl (C=O) groups is 1. The Hall–Kier alpha value is -2.53. The van der Waals surface area contributed by atoms with Gasteiger partial charge in [0, 0.05) is 35.2 Å². The summed E-state index contributed by atoms with van der Waals surface area (Å²) in [5, 5.41) is 0. The smallest absolute Gasteiger partial charge is 0.233 e. The minimum atomic E-state index is 0.0962. The van der Waals surface area contributed by atoms with Gasteiger partial charge in [-0.2, -0.15) is 0 Å². The summed E-state index contributed by atoms with van der Waals surface area (Å²) in [5.74, 6) is 0.0962. The average molecular weight is 321 g/mol. The fraction of sp³-hybridized carbons (Fsp3) is 0.111. The SMILES string of the molecule is O=C(CCn1ccnc1)N1c2ccccc2Sc2ccccc21. The zero-order valence-corrected chi connectivity index (χ0v) is 13.2. The zero-order chi connectivity index (χ0) is 15.6. The Labute approximate surface area is 138 Å². The van der Waals surface area contributed by atoms with Crippen LogP contribution in [0.1, 0.15) is 6.42 Å². The second-order valence-electron chi connectivity index (χ2n) is 5.32. The van der Waals surface area contributed by atoms with Gasteiger partial charge in [0.05, 0.1) is 17.7 Å². The fourth-order valence-electron chi connectivity index (χ4n) is 2.73. The lowest BCUT2D eigenvalue weighted by Crippen LogP contribution is -2.29. The summed E-state index contributed by atoms with van der Waals surface area (Å²) in [6.07, 6.45) is 5.78. The highest BCUT2D eigenvalue weighted by molar-refractivity contribution is 7.99. The highest BCUT2D eigenvalue weighted by atomic mass is 32.2. The lowest BCUT2D eigenvalue weighted by molar-refractivity contribution is -0.118. The normalized spacial score (nSPS) is 12.6. The molecule has 0 N–H and O–H groups in total. The molecule has 0 spiro atoms. The van der Waals surface area contributed by atoms with Gasteiger partial charge in [-0.1, -0.05) is 36.0 Å². The largest absolute Gasteiger partial charge is 0.337 e. The van der Waals surface area contributed by atoms with Crippen LogP contribution in [0.2, 0.25) is 0 Å². The summed E-state index contributed by atoms with van der Waals surface area (Å²) in [6.45, 7) is 0.632. The lowest BCUT2D eigenvalue weighted by atomic mass is 10.2. The van der Waals surface area contributed by atoms with Crippen molar-refractivity contribution in [2.45, 2.75) is 22.8 Å². The molecular formula is C18H15N3OS. The molecule has 2 heterocycles. The molecule has 1 amide bonds. The van der Waals surface area contributed by atoms with Gasteiger partial charge in [-0.05, 0) is 24.3 Å². The summed E-state index contributed by atoms with van der Waals surface area (Å²) < 4.78 is 1.93. The highest BCUT2D eigenvalue weighted by Gasteiger charge is 2.27. The minimum Gasteiger partial charge on any atom is -0.337 e. The minimum absolute atomic E-state index is 0.0962. The number of fused-ring (bicyclic) bond motifs is 2. The van der Waals surface area contributed by atoms with Crippen LogP contribution in [-0.2, 0) is 11.3 Å².